The quantitative estimate of drug-likeness (QED) is 0.262. The summed E-state index contributed by atoms with van der Waals surface area (Å²) in [5.41, 5.74) is 3.21. The number of nitrogens with one attached hydrogen (secondary N) is 4. The van der Waals surface area contributed by atoms with Crippen LogP contribution < -0.4 is 15.5 Å². The number of nitrogens with zero attached hydrogens (tertiary/aromatic N) is 1. The van der Waals surface area contributed by atoms with Gasteiger partial charge in [0.15, 0.2) is 0 Å². The van der Waals surface area contributed by atoms with E-state index in [4.69, 9.17) is 5.41 Å². The van der Waals surface area contributed by atoms with Crippen LogP contribution in [0.25, 0.3) is 10.9 Å². The zero-order valence-electron chi connectivity index (χ0n) is 18.0. The molecule has 0 saturated heterocycles. The third-order valence-electron chi connectivity index (χ3n) is 5.52. The first-order valence-corrected chi connectivity index (χ1v) is 11.5. The lowest BCUT2D eigenvalue weighted by Gasteiger charge is -2.29. The molecular formula is C25H21N5O3S. The number of anilines is 3. The molecule has 3 aromatic carbocycles. The molecule has 9 heteroatoms. The van der Waals surface area contributed by atoms with Gasteiger partial charge in [-0.2, -0.15) is 0 Å². The SMILES string of the molecule is N=C(CN1C(=O)CSc2ccc(NC(=O)Nc3ccc4cc[nH]c4c3)cc21)c1ccccc1O. The molecular weight excluding hydrogens is 450 g/mol. The molecule has 34 heavy (non-hydrogen) atoms. The average molecular weight is 472 g/mol. The normalized spacial score (nSPS) is 12.9. The van der Waals surface area contributed by atoms with Crippen molar-refractivity contribution in [3.05, 3.63) is 78.5 Å². The van der Waals surface area contributed by atoms with Crippen LogP contribution in [0.3, 0.4) is 0 Å². The van der Waals surface area contributed by atoms with Crippen molar-refractivity contribution < 1.29 is 14.7 Å². The second-order valence-corrected chi connectivity index (χ2v) is 8.82. The van der Waals surface area contributed by atoms with Crippen LogP contribution in [-0.4, -0.2) is 40.0 Å². The monoisotopic (exact) mass is 471 g/mol. The van der Waals surface area contributed by atoms with E-state index in [1.54, 1.807) is 30.3 Å². The number of urea groups is 1. The summed E-state index contributed by atoms with van der Waals surface area (Å²) in [5.74, 6) is 0.116. The summed E-state index contributed by atoms with van der Waals surface area (Å²) in [4.78, 5) is 30.8. The lowest BCUT2D eigenvalue weighted by atomic mass is 10.1. The molecule has 0 fully saturated rings. The highest BCUT2D eigenvalue weighted by atomic mass is 32.2. The second-order valence-electron chi connectivity index (χ2n) is 7.81. The molecule has 0 spiro atoms. The van der Waals surface area contributed by atoms with Crippen LogP contribution in [0.2, 0.25) is 0 Å². The number of hydrogen-bond acceptors (Lipinski definition) is 5. The minimum atomic E-state index is -0.408. The number of aromatic hydroxyl groups is 1. The van der Waals surface area contributed by atoms with Crippen LogP contribution in [0, 0.1) is 5.41 Å². The van der Waals surface area contributed by atoms with Gasteiger partial charge in [-0.25, -0.2) is 4.79 Å². The van der Waals surface area contributed by atoms with Crippen molar-refractivity contribution in [2.45, 2.75) is 4.90 Å². The molecule has 5 rings (SSSR count). The number of carbonyl (C=O) groups is 2. The number of phenolic OH excluding ortho intramolecular Hbond substituents is 1. The number of phenols is 1. The minimum Gasteiger partial charge on any atom is -0.507 e. The van der Waals surface area contributed by atoms with Gasteiger partial charge < -0.3 is 31.0 Å². The van der Waals surface area contributed by atoms with E-state index in [0.29, 0.717) is 22.6 Å². The van der Waals surface area contributed by atoms with E-state index in [1.165, 1.54) is 22.7 Å². The Morgan fingerprint density at radius 3 is 2.65 bits per heavy atom. The largest absolute Gasteiger partial charge is 0.507 e. The highest BCUT2D eigenvalue weighted by Crippen LogP contribution is 2.37. The number of amides is 3. The molecule has 1 aliphatic heterocycles. The van der Waals surface area contributed by atoms with Gasteiger partial charge >= 0.3 is 6.03 Å². The summed E-state index contributed by atoms with van der Waals surface area (Å²) in [6.07, 6.45) is 1.84. The van der Waals surface area contributed by atoms with Crippen molar-refractivity contribution in [1.82, 2.24) is 4.98 Å². The highest BCUT2D eigenvalue weighted by Gasteiger charge is 2.27. The zero-order chi connectivity index (χ0) is 23.7. The number of benzene rings is 3. The van der Waals surface area contributed by atoms with Gasteiger partial charge in [0.1, 0.15) is 5.75 Å². The summed E-state index contributed by atoms with van der Waals surface area (Å²) in [5, 5.41) is 25.2. The fourth-order valence-electron chi connectivity index (χ4n) is 3.84. The predicted octanol–water partition coefficient (Wildman–Crippen LogP) is 5.02. The van der Waals surface area contributed by atoms with Crippen LogP contribution in [0.1, 0.15) is 5.56 Å². The van der Waals surface area contributed by atoms with Crippen LogP contribution in [0.15, 0.2) is 77.8 Å². The Bertz CT molecular complexity index is 1430. The number of rotatable bonds is 5. The first-order valence-electron chi connectivity index (χ1n) is 10.6. The fraction of sp³-hybridized carbons (Fsp3) is 0.0800. The number of aromatic amines is 1. The average Bonchev–Trinajstić information content (AvgIpc) is 3.29. The van der Waals surface area contributed by atoms with Crippen molar-refractivity contribution >= 4 is 57.4 Å². The minimum absolute atomic E-state index is 0.00354. The van der Waals surface area contributed by atoms with Crippen LogP contribution >= 0.6 is 11.8 Å². The van der Waals surface area contributed by atoms with Crippen molar-refractivity contribution in [2.24, 2.45) is 0 Å². The number of para-hydroxylation sites is 1. The molecule has 8 nitrogen and oxygen atoms in total. The number of carbonyl (C=O) groups excluding carboxylic acids is 2. The maximum atomic E-state index is 12.7. The third-order valence-corrected chi connectivity index (χ3v) is 6.57. The Hall–Kier alpha value is -4.24. The van der Waals surface area contributed by atoms with Gasteiger partial charge in [0, 0.05) is 33.5 Å². The van der Waals surface area contributed by atoms with E-state index in [9.17, 15) is 14.7 Å². The van der Waals surface area contributed by atoms with Crippen molar-refractivity contribution in [3.63, 3.8) is 0 Å². The van der Waals surface area contributed by atoms with E-state index < -0.39 is 6.03 Å². The van der Waals surface area contributed by atoms with Gasteiger partial charge in [-0.1, -0.05) is 18.2 Å². The number of thioether (sulfide) groups is 1. The third kappa shape index (κ3) is 4.33. The van der Waals surface area contributed by atoms with Gasteiger partial charge in [0.05, 0.1) is 23.7 Å². The molecule has 3 amide bonds. The molecule has 5 N–H and O–H groups in total. The molecule has 0 unspecified atom stereocenters. The second kappa shape index (κ2) is 8.95. The van der Waals surface area contributed by atoms with E-state index in [-0.39, 0.29) is 29.7 Å². The van der Waals surface area contributed by atoms with E-state index in [0.717, 1.165) is 15.8 Å². The Balaban J connectivity index is 1.34. The van der Waals surface area contributed by atoms with Gasteiger partial charge in [-0.3, -0.25) is 4.79 Å². The lowest BCUT2D eigenvalue weighted by molar-refractivity contribution is -0.116. The summed E-state index contributed by atoms with van der Waals surface area (Å²) >= 11 is 1.42. The van der Waals surface area contributed by atoms with E-state index >= 15 is 0 Å². The first kappa shape index (κ1) is 21.6. The molecule has 1 aromatic heterocycles. The Morgan fingerprint density at radius 1 is 1.06 bits per heavy atom. The molecule has 170 valence electrons. The lowest BCUT2D eigenvalue weighted by Crippen LogP contribution is -2.39. The molecule has 0 radical (unpaired) electrons. The predicted molar refractivity (Wildman–Crippen MR) is 135 cm³/mol. The maximum absolute atomic E-state index is 12.7. The smallest absolute Gasteiger partial charge is 0.323 e. The maximum Gasteiger partial charge on any atom is 0.323 e. The van der Waals surface area contributed by atoms with Crippen LogP contribution in [0.5, 0.6) is 5.75 Å². The van der Waals surface area contributed by atoms with Crippen molar-refractivity contribution in [3.8, 4) is 5.75 Å². The van der Waals surface area contributed by atoms with Crippen molar-refractivity contribution in [2.75, 3.05) is 27.8 Å². The first-order chi connectivity index (χ1) is 16.5. The number of aromatic nitrogens is 1. The highest BCUT2D eigenvalue weighted by molar-refractivity contribution is 8.00. The molecule has 0 atom stereocenters. The standard InChI is InChI=1S/C25H21N5O3S/c26-19(18-3-1-2-4-22(18)31)13-30-21-12-17(7-8-23(21)34-14-24(30)32)29-25(33)28-16-6-5-15-9-10-27-20(15)11-16/h1-12,26-27,31H,13-14H2,(H2,28,29,33). The fourth-order valence-corrected chi connectivity index (χ4v) is 4.76. The molecule has 4 aromatic rings. The molecule has 0 aliphatic carbocycles. The Labute approximate surface area is 199 Å². The van der Waals surface area contributed by atoms with E-state index in [1.807, 2.05) is 36.5 Å². The molecule has 1 aliphatic rings. The Morgan fingerprint density at radius 2 is 1.82 bits per heavy atom. The van der Waals surface area contributed by atoms with Gasteiger partial charge in [0.25, 0.3) is 0 Å². The van der Waals surface area contributed by atoms with Crippen LogP contribution in [-0.2, 0) is 4.79 Å². The number of fused-ring (bicyclic) bond motifs is 2. The number of H-pyrrole nitrogens is 1. The summed E-state index contributed by atoms with van der Waals surface area (Å²) < 4.78 is 0. The van der Waals surface area contributed by atoms with Gasteiger partial charge in [-0.05, 0) is 53.9 Å². The van der Waals surface area contributed by atoms with Gasteiger partial charge in [0.2, 0.25) is 5.91 Å². The zero-order valence-corrected chi connectivity index (χ0v) is 18.8. The Kier molecular flexibility index (Phi) is 5.69. The summed E-state index contributed by atoms with van der Waals surface area (Å²) in [7, 11) is 0. The molecule has 2 heterocycles. The molecule has 0 saturated carbocycles. The molecule has 0 bridgehead atoms. The summed E-state index contributed by atoms with van der Waals surface area (Å²) in [6.45, 7) is 0.00970. The van der Waals surface area contributed by atoms with Crippen LogP contribution in [0.4, 0.5) is 21.9 Å². The van der Waals surface area contributed by atoms with Crippen molar-refractivity contribution in [1.29, 1.82) is 5.41 Å². The number of hydrogen-bond donors (Lipinski definition) is 5. The topological polar surface area (TPSA) is 121 Å². The summed E-state index contributed by atoms with van der Waals surface area (Å²) in [6, 6.07) is 19.1. The van der Waals surface area contributed by atoms with Gasteiger partial charge in [-0.15, -0.1) is 11.8 Å². The van der Waals surface area contributed by atoms with E-state index in [2.05, 4.69) is 15.6 Å².